The number of fused-ring (bicyclic) bond motifs is 1. The van der Waals surface area contributed by atoms with E-state index in [0.717, 1.165) is 32.2 Å². The van der Waals surface area contributed by atoms with E-state index in [1.807, 2.05) is 48.5 Å². The molecule has 1 aliphatic rings. The zero-order chi connectivity index (χ0) is 19.5. The molecule has 6 nitrogen and oxygen atoms in total. The number of amidine groups is 1. The molecule has 1 aliphatic heterocycles. The van der Waals surface area contributed by atoms with Crippen molar-refractivity contribution in [2.24, 2.45) is 10.2 Å². The van der Waals surface area contributed by atoms with Gasteiger partial charge in [0.2, 0.25) is 5.91 Å². The Labute approximate surface area is 174 Å². The molecular formula is C20H17BrN4O2S. The average molecular weight is 457 g/mol. The normalized spacial score (nSPS) is 18.4. The van der Waals surface area contributed by atoms with Crippen molar-refractivity contribution in [1.82, 2.24) is 10.3 Å². The lowest BCUT2D eigenvalue weighted by Gasteiger charge is -2.01. The van der Waals surface area contributed by atoms with E-state index in [4.69, 9.17) is 5.11 Å². The van der Waals surface area contributed by atoms with Gasteiger partial charge in [0.1, 0.15) is 0 Å². The van der Waals surface area contributed by atoms with E-state index in [2.05, 4.69) is 36.4 Å². The summed E-state index contributed by atoms with van der Waals surface area (Å²) in [7, 11) is 0. The summed E-state index contributed by atoms with van der Waals surface area (Å²) in [6.07, 6.45) is 2.10. The summed E-state index contributed by atoms with van der Waals surface area (Å²) in [6, 6.07) is 16.1. The molecule has 1 unspecified atom stereocenters. The van der Waals surface area contributed by atoms with Crippen LogP contribution in [-0.4, -0.2) is 39.2 Å². The molecule has 1 aromatic heterocycles. The zero-order valence-electron chi connectivity index (χ0n) is 14.7. The fraction of sp³-hybridized carbons (Fsp3) is 0.150. The average Bonchev–Trinajstić information content (AvgIpc) is 3.24. The number of aliphatic hydroxyl groups excluding tert-OH is 1. The van der Waals surface area contributed by atoms with Crippen LogP contribution in [0.5, 0.6) is 0 Å². The topological polar surface area (TPSA) is 89.8 Å². The number of para-hydroxylation sites is 1. The van der Waals surface area contributed by atoms with Crippen LogP contribution < -0.4 is 5.32 Å². The Morgan fingerprint density at radius 1 is 1.18 bits per heavy atom. The van der Waals surface area contributed by atoms with Crippen molar-refractivity contribution in [3.63, 3.8) is 0 Å². The number of aromatic nitrogens is 1. The summed E-state index contributed by atoms with van der Waals surface area (Å²) < 4.78 is 1.01. The van der Waals surface area contributed by atoms with Crippen LogP contribution in [0.1, 0.15) is 12.0 Å². The number of carbonyl (C=O) groups is 1. The number of carbonyl (C=O) groups excluding carboxylic acids is 1. The van der Waals surface area contributed by atoms with E-state index in [1.165, 1.54) is 11.8 Å². The van der Waals surface area contributed by atoms with Gasteiger partial charge in [-0.05, 0) is 30.2 Å². The number of aromatic amines is 1. The molecule has 2 aromatic carbocycles. The molecule has 8 heteroatoms. The van der Waals surface area contributed by atoms with Gasteiger partial charge in [-0.2, -0.15) is 5.10 Å². The number of hydrogen-bond acceptors (Lipinski definition) is 5. The zero-order valence-corrected chi connectivity index (χ0v) is 17.1. The van der Waals surface area contributed by atoms with E-state index in [0.29, 0.717) is 11.6 Å². The Balaban J connectivity index is 1.67. The predicted molar refractivity (Wildman–Crippen MR) is 118 cm³/mol. The van der Waals surface area contributed by atoms with Crippen molar-refractivity contribution >= 4 is 55.9 Å². The number of nitrogens with one attached hydrogen (secondary N) is 2. The highest BCUT2D eigenvalue weighted by atomic mass is 79.9. The summed E-state index contributed by atoms with van der Waals surface area (Å²) in [4.78, 5) is 15.3. The standard InChI is InChI=1S/C20H17BrN4O2S/c21-13-7-5-12(6-8-13)18-15(14-3-1-2-4-16(14)23-18)11-22-25-20-24-19(27)17(28-20)9-10-26/h1-8,11,17,23,26H,9-10H2,(H,24,25,27)/b22-11+. The number of amides is 1. The second-order valence-corrected chi connectivity index (χ2v) is 8.33. The maximum absolute atomic E-state index is 11.8. The molecule has 1 saturated heterocycles. The van der Waals surface area contributed by atoms with E-state index in [-0.39, 0.29) is 17.8 Å². The summed E-state index contributed by atoms with van der Waals surface area (Å²) in [5.41, 5.74) is 3.95. The smallest absolute Gasteiger partial charge is 0.239 e. The lowest BCUT2D eigenvalue weighted by molar-refractivity contribution is -0.119. The number of halogens is 1. The Kier molecular flexibility index (Phi) is 5.61. The van der Waals surface area contributed by atoms with Crippen molar-refractivity contribution < 1.29 is 9.90 Å². The third-order valence-electron chi connectivity index (χ3n) is 4.38. The third kappa shape index (κ3) is 3.89. The Hall–Kier alpha value is -2.42. The molecule has 0 aliphatic carbocycles. The summed E-state index contributed by atoms with van der Waals surface area (Å²) >= 11 is 4.75. The predicted octanol–water partition coefficient (Wildman–Crippen LogP) is 3.90. The number of rotatable bonds is 5. The number of benzene rings is 2. The van der Waals surface area contributed by atoms with Crippen molar-refractivity contribution in [3.8, 4) is 11.3 Å². The lowest BCUT2D eigenvalue weighted by atomic mass is 10.1. The second-order valence-electron chi connectivity index (χ2n) is 6.22. The highest BCUT2D eigenvalue weighted by Crippen LogP contribution is 2.30. The van der Waals surface area contributed by atoms with Gasteiger partial charge in [0.25, 0.3) is 0 Å². The summed E-state index contributed by atoms with van der Waals surface area (Å²) in [5.74, 6) is -0.143. The molecule has 0 radical (unpaired) electrons. The van der Waals surface area contributed by atoms with Crippen molar-refractivity contribution in [2.75, 3.05) is 6.61 Å². The van der Waals surface area contributed by atoms with Gasteiger partial charge in [-0.3, -0.25) is 4.79 Å². The first kappa shape index (κ1) is 18.9. The van der Waals surface area contributed by atoms with Crippen LogP contribution in [0.25, 0.3) is 22.2 Å². The van der Waals surface area contributed by atoms with Gasteiger partial charge in [-0.25, -0.2) is 0 Å². The van der Waals surface area contributed by atoms with E-state index >= 15 is 0 Å². The first-order valence-corrected chi connectivity index (χ1v) is 10.4. The fourth-order valence-electron chi connectivity index (χ4n) is 3.04. The quantitative estimate of drug-likeness (QED) is 0.401. The molecule has 3 aromatic rings. The Bertz CT molecular complexity index is 1080. The number of H-pyrrole nitrogens is 1. The number of aliphatic hydroxyl groups is 1. The summed E-state index contributed by atoms with van der Waals surface area (Å²) in [5, 5.41) is 21.3. The van der Waals surface area contributed by atoms with Crippen LogP contribution in [0.3, 0.4) is 0 Å². The minimum absolute atomic E-state index is 0.0342. The number of hydrogen-bond donors (Lipinski definition) is 3. The van der Waals surface area contributed by atoms with E-state index in [9.17, 15) is 4.79 Å². The maximum Gasteiger partial charge on any atom is 0.239 e. The highest BCUT2D eigenvalue weighted by molar-refractivity contribution is 9.10. The fourth-order valence-corrected chi connectivity index (χ4v) is 4.22. The van der Waals surface area contributed by atoms with Crippen LogP contribution >= 0.6 is 27.7 Å². The number of nitrogens with zero attached hydrogens (tertiary/aromatic N) is 2. The monoisotopic (exact) mass is 456 g/mol. The van der Waals surface area contributed by atoms with Gasteiger partial charge >= 0.3 is 0 Å². The maximum atomic E-state index is 11.8. The molecule has 2 heterocycles. The van der Waals surface area contributed by atoms with Gasteiger partial charge in [-0.15, -0.1) is 5.10 Å². The SMILES string of the molecule is O=C1N/C(=N/N=C/c2c(-c3ccc(Br)cc3)[nH]c3ccccc23)SC1CCO. The lowest BCUT2D eigenvalue weighted by Crippen LogP contribution is -2.25. The van der Waals surface area contributed by atoms with Crippen LogP contribution in [-0.2, 0) is 4.79 Å². The second kappa shape index (κ2) is 8.30. The number of thioether (sulfide) groups is 1. The molecule has 0 saturated carbocycles. The first-order valence-electron chi connectivity index (χ1n) is 8.72. The molecule has 0 spiro atoms. The van der Waals surface area contributed by atoms with Gasteiger partial charge in [0.15, 0.2) is 5.17 Å². The summed E-state index contributed by atoms with van der Waals surface area (Å²) in [6.45, 7) is -0.0342. The van der Waals surface area contributed by atoms with Gasteiger partial charge in [0, 0.05) is 27.5 Å². The Morgan fingerprint density at radius 2 is 1.96 bits per heavy atom. The first-order chi connectivity index (χ1) is 13.7. The Morgan fingerprint density at radius 3 is 2.75 bits per heavy atom. The van der Waals surface area contributed by atoms with Crippen LogP contribution in [0.15, 0.2) is 63.2 Å². The molecule has 4 rings (SSSR count). The van der Waals surface area contributed by atoms with Crippen molar-refractivity contribution in [2.45, 2.75) is 11.7 Å². The van der Waals surface area contributed by atoms with Crippen LogP contribution in [0.2, 0.25) is 0 Å². The van der Waals surface area contributed by atoms with Gasteiger partial charge in [0.05, 0.1) is 17.2 Å². The van der Waals surface area contributed by atoms with Gasteiger partial charge in [-0.1, -0.05) is 58.0 Å². The molecule has 142 valence electrons. The molecule has 1 atom stereocenters. The third-order valence-corrected chi connectivity index (χ3v) is 6.05. The molecule has 28 heavy (non-hydrogen) atoms. The van der Waals surface area contributed by atoms with E-state index < -0.39 is 0 Å². The highest BCUT2D eigenvalue weighted by Gasteiger charge is 2.29. The van der Waals surface area contributed by atoms with Crippen molar-refractivity contribution in [3.05, 3.63) is 58.6 Å². The van der Waals surface area contributed by atoms with Crippen LogP contribution in [0, 0.1) is 0 Å². The van der Waals surface area contributed by atoms with Crippen molar-refractivity contribution in [1.29, 1.82) is 0 Å². The molecule has 3 N–H and O–H groups in total. The van der Waals surface area contributed by atoms with E-state index in [1.54, 1.807) is 6.21 Å². The minimum Gasteiger partial charge on any atom is -0.396 e. The van der Waals surface area contributed by atoms with Crippen LogP contribution in [0.4, 0.5) is 0 Å². The molecule has 1 amide bonds. The molecule has 1 fully saturated rings. The molecular weight excluding hydrogens is 440 g/mol. The van der Waals surface area contributed by atoms with Gasteiger partial charge < -0.3 is 15.4 Å². The minimum atomic E-state index is -0.314. The molecule has 0 bridgehead atoms. The largest absolute Gasteiger partial charge is 0.396 e.